The van der Waals surface area contributed by atoms with Crippen molar-refractivity contribution >= 4 is 21.6 Å². The molecule has 20 heavy (non-hydrogen) atoms. The SMILES string of the molecule is Cc1cc(Cl)ccc1S(=O)(=O)NCCCOCC1CC1. The molecule has 0 atom stereocenters. The van der Waals surface area contributed by atoms with Gasteiger partial charge in [0.2, 0.25) is 10.0 Å². The molecule has 1 fully saturated rings. The summed E-state index contributed by atoms with van der Waals surface area (Å²) in [5, 5.41) is 0.537. The molecular formula is C14H20ClNO3S. The third-order valence-electron chi connectivity index (χ3n) is 3.23. The van der Waals surface area contributed by atoms with E-state index in [0.29, 0.717) is 30.2 Å². The van der Waals surface area contributed by atoms with E-state index in [4.69, 9.17) is 16.3 Å². The van der Waals surface area contributed by atoms with Crippen LogP contribution in [0.4, 0.5) is 0 Å². The molecule has 0 bridgehead atoms. The largest absolute Gasteiger partial charge is 0.381 e. The highest BCUT2D eigenvalue weighted by Gasteiger charge is 2.21. The molecule has 0 amide bonds. The van der Waals surface area contributed by atoms with Crippen LogP contribution in [0.1, 0.15) is 24.8 Å². The van der Waals surface area contributed by atoms with Gasteiger partial charge in [-0.2, -0.15) is 0 Å². The number of hydrogen-bond acceptors (Lipinski definition) is 3. The lowest BCUT2D eigenvalue weighted by atomic mass is 10.2. The third-order valence-corrected chi connectivity index (χ3v) is 5.09. The molecule has 0 saturated heterocycles. The van der Waals surface area contributed by atoms with Crippen molar-refractivity contribution in [1.29, 1.82) is 0 Å². The number of aryl methyl sites for hydroxylation is 1. The topological polar surface area (TPSA) is 55.4 Å². The van der Waals surface area contributed by atoms with E-state index in [1.807, 2.05) is 0 Å². The van der Waals surface area contributed by atoms with Gasteiger partial charge in [0.25, 0.3) is 0 Å². The first-order chi connectivity index (χ1) is 9.49. The first kappa shape index (κ1) is 15.8. The van der Waals surface area contributed by atoms with Gasteiger partial charge < -0.3 is 4.74 Å². The lowest BCUT2D eigenvalue weighted by Gasteiger charge is -2.09. The molecule has 4 nitrogen and oxygen atoms in total. The zero-order valence-electron chi connectivity index (χ0n) is 11.6. The van der Waals surface area contributed by atoms with Crippen molar-refractivity contribution in [3.63, 3.8) is 0 Å². The molecule has 0 aromatic heterocycles. The fourth-order valence-corrected chi connectivity index (χ4v) is 3.43. The first-order valence-corrected chi connectivity index (χ1v) is 8.69. The molecule has 0 heterocycles. The van der Waals surface area contributed by atoms with Crippen LogP contribution in [-0.2, 0) is 14.8 Å². The fraction of sp³-hybridized carbons (Fsp3) is 0.571. The van der Waals surface area contributed by atoms with Gasteiger partial charge in [-0.1, -0.05) is 11.6 Å². The minimum absolute atomic E-state index is 0.279. The number of sulfonamides is 1. The molecule has 112 valence electrons. The number of benzene rings is 1. The number of rotatable bonds is 8. The molecule has 1 aliphatic carbocycles. The summed E-state index contributed by atoms with van der Waals surface area (Å²) in [6.07, 6.45) is 3.21. The summed E-state index contributed by atoms with van der Waals surface area (Å²) in [5.74, 6) is 0.739. The molecule has 0 spiro atoms. The maximum absolute atomic E-state index is 12.1. The minimum atomic E-state index is -3.46. The van der Waals surface area contributed by atoms with Crippen molar-refractivity contribution < 1.29 is 13.2 Å². The Morgan fingerprint density at radius 1 is 1.40 bits per heavy atom. The molecule has 0 unspecified atom stereocenters. The summed E-state index contributed by atoms with van der Waals surface area (Å²) in [4.78, 5) is 0.279. The van der Waals surface area contributed by atoms with E-state index in [-0.39, 0.29) is 4.90 Å². The molecule has 0 aliphatic heterocycles. The maximum atomic E-state index is 12.1. The average Bonchev–Trinajstić information content (AvgIpc) is 3.17. The van der Waals surface area contributed by atoms with Crippen LogP contribution in [0.3, 0.4) is 0 Å². The van der Waals surface area contributed by atoms with E-state index in [2.05, 4.69) is 4.72 Å². The van der Waals surface area contributed by atoms with E-state index in [1.54, 1.807) is 19.1 Å². The Balaban J connectivity index is 1.77. The molecule has 1 aromatic rings. The summed E-state index contributed by atoms with van der Waals surface area (Å²) in [6, 6.07) is 4.76. The van der Waals surface area contributed by atoms with Crippen molar-refractivity contribution in [1.82, 2.24) is 4.72 Å². The smallest absolute Gasteiger partial charge is 0.240 e. The van der Waals surface area contributed by atoms with E-state index >= 15 is 0 Å². The predicted octanol–water partition coefficient (Wildman–Crippen LogP) is 2.74. The van der Waals surface area contributed by atoms with E-state index in [0.717, 1.165) is 12.5 Å². The second kappa shape index (κ2) is 6.89. The van der Waals surface area contributed by atoms with Crippen molar-refractivity contribution in [2.75, 3.05) is 19.8 Å². The molecule has 1 saturated carbocycles. The molecule has 0 radical (unpaired) electrons. The van der Waals surface area contributed by atoms with Crippen LogP contribution in [-0.4, -0.2) is 28.2 Å². The van der Waals surface area contributed by atoms with Gasteiger partial charge in [-0.25, -0.2) is 13.1 Å². The van der Waals surface area contributed by atoms with Crippen LogP contribution < -0.4 is 4.72 Å². The number of ether oxygens (including phenoxy) is 1. The highest BCUT2D eigenvalue weighted by Crippen LogP contribution is 2.28. The molecule has 1 aliphatic rings. The Bertz CT molecular complexity index is 556. The lowest BCUT2D eigenvalue weighted by Crippen LogP contribution is -2.26. The number of halogens is 1. The number of hydrogen-bond donors (Lipinski definition) is 1. The molecule has 1 N–H and O–H groups in total. The first-order valence-electron chi connectivity index (χ1n) is 6.82. The van der Waals surface area contributed by atoms with E-state index in [9.17, 15) is 8.42 Å². The zero-order valence-corrected chi connectivity index (χ0v) is 13.1. The van der Waals surface area contributed by atoms with Crippen LogP contribution in [0.2, 0.25) is 5.02 Å². The van der Waals surface area contributed by atoms with E-state index < -0.39 is 10.0 Å². The number of nitrogens with one attached hydrogen (secondary N) is 1. The summed E-state index contributed by atoms with van der Waals surface area (Å²) < 4.78 is 32.3. The summed E-state index contributed by atoms with van der Waals surface area (Å²) >= 11 is 5.83. The van der Waals surface area contributed by atoms with Crippen LogP contribution in [0.15, 0.2) is 23.1 Å². The lowest BCUT2D eigenvalue weighted by molar-refractivity contribution is 0.123. The van der Waals surface area contributed by atoms with Crippen molar-refractivity contribution in [3.8, 4) is 0 Å². The second-order valence-electron chi connectivity index (χ2n) is 5.18. The van der Waals surface area contributed by atoms with Gasteiger partial charge >= 0.3 is 0 Å². The van der Waals surface area contributed by atoms with Gasteiger partial charge in [0, 0.05) is 24.8 Å². The van der Waals surface area contributed by atoms with Crippen LogP contribution in [0.25, 0.3) is 0 Å². The van der Waals surface area contributed by atoms with Crippen molar-refractivity contribution in [2.24, 2.45) is 5.92 Å². The Morgan fingerprint density at radius 2 is 2.15 bits per heavy atom. The molecule has 2 rings (SSSR count). The van der Waals surface area contributed by atoms with E-state index in [1.165, 1.54) is 18.9 Å². The van der Waals surface area contributed by atoms with Gasteiger partial charge in [-0.3, -0.25) is 0 Å². The maximum Gasteiger partial charge on any atom is 0.240 e. The third kappa shape index (κ3) is 4.74. The summed E-state index contributed by atoms with van der Waals surface area (Å²) in [5.41, 5.74) is 0.648. The standard InChI is InChI=1S/C14H20ClNO3S/c1-11-9-13(15)5-6-14(11)20(17,18)16-7-2-8-19-10-12-3-4-12/h5-6,9,12,16H,2-4,7-8,10H2,1H3. The van der Waals surface area contributed by atoms with Gasteiger partial charge in [-0.15, -0.1) is 0 Å². The monoisotopic (exact) mass is 317 g/mol. The van der Waals surface area contributed by atoms with Gasteiger partial charge in [-0.05, 0) is 55.9 Å². The quantitative estimate of drug-likeness (QED) is 0.750. The Kier molecular flexibility index (Phi) is 5.43. The molecular weight excluding hydrogens is 298 g/mol. The highest BCUT2D eigenvalue weighted by atomic mass is 35.5. The predicted molar refractivity (Wildman–Crippen MR) is 79.5 cm³/mol. The Hall–Kier alpha value is -0.620. The summed E-state index contributed by atoms with van der Waals surface area (Å²) in [6.45, 7) is 3.52. The summed E-state index contributed by atoms with van der Waals surface area (Å²) in [7, 11) is -3.46. The second-order valence-corrected chi connectivity index (χ2v) is 7.35. The average molecular weight is 318 g/mol. The van der Waals surface area contributed by atoms with Crippen LogP contribution in [0, 0.1) is 12.8 Å². The highest BCUT2D eigenvalue weighted by molar-refractivity contribution is 7.89. The normalized spacial score (nSPS) is 15.5. The van der Waals surface area contributed by atoms with Gasteiger partial charge in [0.15, 0.2) is 0 Å². The van der Waals surface area contributed by atoms with Crippen LogP contribution >= 0.6 is 11.6 Å². The Morgan fingerprint density at radius 3 is 2.80 bits per heavy atom. The Labute approximate surface area is 125 Å². The minimum Gasteiger partial charge on any atom is -0.381 e. The van der Waals surface area contributed by atoms with Crippen molar-refractivity contribution in [2.45, 2.75) is 31.1 Å². The van der Waals surface area contributed by atoms with Crippen LogP contribution in [0.5, 0.6) is 0 Å². The zero-order chi connectivity index (χ0) is 14.6. The van der Waals surface area contributed by atoms with Crippen molar-refractivity contribution in [3.05, 3.63) is 28.8 Å². The van der Waals surface area contributed by atoms with Gasteiger partial charge in [0.05, 0.1) is 4.90 Å². The molecule has 6 heteroatoms. The van der Waals surface area contributed by atoms with Gasteiger partial charge in [0.1, 0.15) is 0 Å². The molecule has 1 aromatic carbocycles. The fourth-order valence-electron chi connectivity index (χ4n) is 1.91.